The van der Waals surface area contributed by atoms with Crippen LogP contribution in [0.4, 0.5) is 5.69 Å². The molecule has 2 rings (SSSR count). The number of hydrogen-bond acceptors (Lipinski definition) is 5. The topological polar surface area (TPSA) is 40.2 Å². The van der Waals surface area contributed by atoms with Crippen LogP contribution in [-0.4, -0.2) is 42.5 Å². The first-order valence-electron chi connectivity index (χ1n) is 7.87. The minimum atomic E-state index is 0.585. The molecule has 0 heterocycles. The number of benzene rings is 2. The highest BCUT2D eigenvalue weighted by Crippen LogP contribution is 2.38. The summed E-state index contributed by atoms with van der Waals surface area (Å²) in [5.41, 5.74) is 3.05. The van der Waals surface area contributed by atoms with Crippen molar-refractivity contribution in [3.8, 4) is 23.0 Å². The molecule has 0 aliphatic rings. The fraction of sp³-hybridized carbons (Fsp3) is 0.300. The van der Waals surface area contributed by atoms with Crippen molar-refractivity contribution in [3.05, 3.63) is 41.5 Å². The summed E-state index contributed by atoms with van der Waals surface area (Å²) < 4.78 is 21.5. The maximum Gasteiger partial charge on any atom is 0.203 e. The van der Waals surface area contributed by atoms with Crippen LogP contribution < -0.4 is 23.8 Å². The molecule has 5 nitrogen and oxygen atoms in total. The first kappa shape index (κ1) is 18.5. The summed E-state index contributed by atoms with van der Waals surface area (Å²) in [5.74, 6) is 2.69. The van der Waals surface area contributed by atoms with Crippen LogP contribution in [0.25, 0.3) is 12.2 Å². The molecule has 0 aliphatic heterocycles. The van der Waals surface area contributed by atoms with Crippen LogP contribution in [-0.2, 0) is 0 Å². The summed E-state index contributed by atoms with van der Waals surface area (Å²) in [7, 11) is 10.5. The van der Waals surface area contributed by atoms with Crippen molar-refractivity contribution in [1.29, 1.82) is 0 Å². The van der Waals surface area contributed by atoms with Gasteiger partial charge in [0.2, 0.25) is 5.75 Å². The second-order valence-corrected chi connectivity index (χ2v) is 5.62. The Morgan fingerprint density at radius 2 is 1.24 bits per heavy atom. The molecule has 5 heteroatoms. The fourth-order valence-corrected chi connectivity index (χ4v) is 2.55. The molecule has 0 unspecified atom stereocenters. The van der Waals surface area contributed by atoms with E-state index in [4.69, 9.17) is 18.9 Å². The molecule has 0 atom stereocenters. The molecule has 0 spiro atoms. The Bertz CT molecular complexity index is 728. The molecular weight excluding hydrogens is 318 g/mol. The number of nitrogens with zero attached hydrogens (tertiary/aromatic N) is 1. The second-order valence-electron chi connectivity index (χ2n) is 5.62. The zero-order valence-electron chi connectivity index (χ0n) is 15.6. The molecule has 0 saturated heterocycles. The first-order chi connectivity index (χ1) is 12.0. The Balaban J connectivity index is 2.37. The molecule has 0 N–H and O–H groups in total. The first-order valence-corrected chi connectivity index (χ1v) is 7.87. The number of anilines is 1. The van der Waals surface area contributed by atoms with E-state index < -0.39 is 0 Å². The van der Waals surface area contributed by atoms with Gasteiger partial charge in [-0.1, -0.05) is 18.2 Å². The highest BCUT2D eigenvalue weighted by Gasteiger charge is 2.12. The van der Waals surface area contributed by atoms with Gasteiger partial charge in [-0.2, -0.15) is 0 Å². The van der Waals surface area contributed by atoms with E-state index in [-0.39, 0.29) is 0 Å². The lowest BCUT2D eigenvalue weighted by molar-refractivity contribution is 0.324. The third-order valence-corrected chi connectivity index (χ3v) is 3.84. The van der Waals surface area contributed by atoms with Crippen molar-refractivity contribution >= 4 is 17.8 Å². The van der Waals surface area contributed by atoms with Crippen LogP contribution in [0.3, 0.4) is 0 Å². The number of ether oxygens (including phenoxy) is 4. The molecule has 25 heavy (non-hydrogen) atoms. The van der Waals surface area contributed by atoms with E-state index >= 15 is 0 Å². The van der Waals surface area contributed by atoms with E-state index in [2.05, 4.69) is 6.07 Å². The molecule has 0 aromatic heterocycles. The molecule has 0 saturated carbocycles. The maximum absolute atomic E-state index is 5.40. The summed E-state index contributed by atoms with van der Waals surface area (Å²) in [6.45, 7) is 0. The highest BCUT2D eigenvalue weighted by molar-refractivity contribution is 5.75. The van der Waals surface area contributed by atoms with Gasteiger partial charge in [-0.15, -0.1) is 0 Å². The molecule has 0 aliphatic carbocycles. The van der Waals surface area contributed by atoms with Gasteiger partial charge in [0.25, 0.3) is 0 Å². The highest BCUT2D eigenvalue weighted by atomic mass is 16.5. The van der Waals surface area contributed by atoms with E-state index in [0.717, 1.165) is 22.6 Å². The number of hydrogen-bond donors (Lipinski definition) is 0. The van der Waals surface area contributed by atoms with Gasteiger partial charge in [-0.05, 0) is 35.4 Å². The van der Waals surface area contributed by atoms with Crippen LogP contribution in [0.5, 0.6) is 23.0 Å². The number of rotatable bonds is 7. The minimum Gasteiger partial charge on any atom is -0.495 e. The van der Waals surface area contributed by atoms with Gasteiger partial charge >= 0.3 is 0 Å². The second kappa shape index (κ2) is 8.33. The Kier molecular flexibility index (Phi) is 6.17. The molecule has 0 fully saturated rings. The van der Waals surface area contributed by atoms with Crippen LogP contribution in [0, 0.1) is 0 Å². The maximum atomic E-state index is 5.40. The van der Waals surface area contributed by atoms with Crippen molar-refractivity contribution in [3.63, 3.8) is 0 Å². The van der Waals surface area contributed by atoms with Crippen LogP contribution in [0.1, 0.15) is 11.1 Å². The normalized spacial score (nSPS) is 10.6. The minimum absolute atomic E-state index is 0.585. The van der Waals surface area contributed by atoms with Gasteiger partial charge in [0, 0.05) is 14.1 Å². The monoisotopic (exact) mass is 343 g/mol. The SMILES string of the molecule is COc1ccc(/C=C/c2cc(OC)c(OC)c(OC)c2)cc1N(C)C. The zero-order valence-corrected chi connectivity index (χ0v) is 15.6. The average molecular weight is 343 g/mol. The Morgan fingerprint density at radius 1 is 0.680 bits per heavy atom. The third kappa shape index (κ3) is 4.18. The standard InChI is InChI=1S/C20H25NO4/c1-21(2)16-11-14(9-10-17(16)22-3)7-8-15-12-18(23-4)20(25-6)19(13-15)24-5/h7-13H,1-6H3/b8-7+. The van der Waals surface area contributed by atoms with Gasteiger partial charge in [0.15, 0.2) is 11.5 Å². The Morgan fingerprint density at radius 3 is 1.72 bits per heavy atom. The summed E-state index contributed by atoms with van der Waals surface area (Å²) in [5, 5.41) is 0. The lowest BCUT2D eigenvalue weighted by Crippen LogP contribution is -2.10. The van der Waals surface area contributed by atoms with Gasteiger partial charge in [0.1, 0.15) is 5.75 Å². The van der Waals surface area contributed by atoms with Gasteiger partial charge in [0.05, 0.1) is 34.1 Å². The lowest BCUT2D eigenvalue weighted by Gasteiger charge is -2.17. The largest absolute Gasteiger partial charge is 0.495 e. The van der Waals surface area contributed by atoms with Crippen molar-refractivity contribution in [2.24, 2.45) is 0 Å². The van der Waals surface area contributed by atoms with Crippen molar-refractivity contribution < 1.29 is 18.9 Å². The van der Waals surface area contributed by atoms with E-state index in [0.29, 0.717) is 17.2 Å². The van der Waals surface area contributed by atoms with Crippen LogP contribution in [0.2, 0.25) is 0 Å². The molecule has 0 radical (unpaired) electrons. The molecule has 134 valence electrons. The van der Waals surface area contributed by atoms with Crippen LogP contribution >= 0.6 is 0 Å². The van der Waals surface area contributed by atoms with Crippen molar-refractivity contribution in [2.45, 2.75) is 0 Å². The van der Waals surface area contributed by atoms with Crippen molar-refractivity contribution in [1.82, 2.24) is 0 Å². The fourth-order valence-electron chi connectivity index (χ4n) is 2.55. The smallest absolute Gasteiger partial charge is 0.203 e. The van der Waals surface area contributed by atoms with Crippen LogP contribution in [0.15, 0.2) is 30.3 Å². The summed E-state index contributed by atoms with van der Waals surface area (Å²) in [6.07, 6.45) is 4.04. The molecule has 0 amide bonds. The zero-order chi connectivity index (χ0) is 18.4. The summed E-state index contributed by atoms with van der Waals surface area (Å²) in [4.78, 5) is 2.02. The van der Waals surface area contributed by atoms with Gasteiger partial charge < -0.3 is 23.8 Å². The average Bonchev–Trinajstić information content (AvgIpc) is 2.64. The Hall–Kier alpha value is -2.82. The quantitative estimate of drug-likeness (QED) is 0.712. The molecule has 2 aromatic carbocycles. The van der Waals surface area contributed by atoms with E-state index in [1.54, 1.807) is 28.4 Å². The molecular formula is C20H25NO4. The van der Waals surface area contributed by atoms with Crippen molar-refractivity contribution in [2.75, 3.05) is 47.4 Å². The predicted octanol–water partition coefficient (Wildman–Crippen LogP) is 3.96. The third-order valence-electron chi connectivity index (χ3n) is 3.84. The lowest BCUT2D eigenvalue weighted by atomic mass is 10.1. The molecule has 0 bridgehead atoms. The predicted molar refractivity (Wildman–Crippen MR) is 102 cm³/mol. The summed E-state index contributed by atoms with van der Waals surface area (Å²) in [6, 6.07) is 9.88. The molecule has 2 aromatic rings. The number of methoxy groups -OCH3 is 4. The van der Waals surface area contributed by atoms with Gasteiger partial charge in [-0.3, -0.25) is 0 Å². The Labute approximate surface area is 149 Å². The van der Waals surface area contributed by atoms with E-state index in [9.17, 15) is 0 Å². The van der Waals surface area contributed by atoms with E-state index in [1.807, 2.05) is 55.4 Å². The summed E-state index contributed by atoms with van der Waals surface area (Å²) >= 11 is 0. The van der Waals surface area contributed by atoms with Gasteiger partial charge in [-0.25, -0.2) is 0 Å². The van der Waals surface area contributed by atoms with E-state index in [1.165, 1.54) is 0 Å².